The first-order valence-corrected chi connectivity index (χ1v) is 8.58. The molecule has 2 N–H and O–H groups in total. The molecule has 0 radical (unpaired) electrons. The van der Waals surface area contributed by atoms with E-state index in [-0.39, 0.29) is 18.0 Å². The highest BCUT2D eigenvalue weighted by Gasteiger charge is 2.17. The van der Waals surface area contributed by atoms with E-state index in [2.05, 4.69) is 4.72 Å². The van der Waals surface area contributed by atoms with Crippen molar-refractivity contribution in [2.45, 2.75) is 31.9 Å². The molecular weight excluding hydrogens is 294 g/mol. The summed E-state index contributed by atoms with van der Waals surface area (Å²) in [6.07, 6.45) is 0. The minimum absolute atomic E-state index is 0.174. The van der Waals surface area contributed by atoms with E-state index in [1.54, 1.807) is 30.4 Å². The van der Waals surface area contributed by atoms with Crippen molar-refractivity contribution in [1.29, 1.82) is 0 Å². The van der Waals surface area contributed by atoms with Crippen LogP contribution in [0.4, 0.5) is 0 Å². The van der Waals surface area contributed by atoms with E-state index in [0.717, 1.165) is 11.1 Å². The van der Waals surface area contributed by atoms with Crippen molar-refractivity contribution in [2.24, 2.45) is 0 Å². The largest absolute Gasteiger partial charge is 0.392 e. The first-order valence-electron chi connectivity index (χ1n) is 6.16. The summed E-state index contributed by atoms with van der Waals surface area (Å²) in [5, 5.41) is 13.0. The third kappa shape index (κ3) is 3.27. The monoisotopic (exact) mass is 311 g/mol. The molecule has 108 valence electrons. The molecule has 0 bridgehead atoms. The molecule has 0 amide bonds. The average Bonchev–Trinajstić information content (AvgIpc) is 2.82. The minimum atomic E-state index is -3.57. The van der Waals surface area contributed by atoms with Crippen LogP contribution in [0.2, 0.25) is 0 Å². The van der Waals surface area contributed by atoms with E-state index < -0.39 is 10.0 Å². The van der Waals surface area contributed by atoms with Crippen LogP contribution >= 0.6 is 11.3 Å². The molecule has 1 aromatic heterocycles. The predicted molar refractivity (Wildman–Crippen MR) is 80.2 cm³/mol. The molecule has 4 nitrogen and oxygen atoms in total. The number of nitrogens with one attached hydrogen (secondary N) is 1. The Morgan fingerprint density at radius 1 is 1.20 bits per heavy atom. The van der Waals surface area contributed by atoms with E-state index in [1.165, 1.54) is 6.07 Å². The van der Waals surface area contributed by atoms with E-state index in [4.69, 9.17) is 5.11 Å². The second-order valence-electron chi connectivity index (χ2n) is 4.66. The topological polar surface area (TPSA) is 66.4 Å². The minimum Gasteiger partial charge on any atom is -0.392 e. The molecule has 0 aliphatic carbocycles. The molecule has 20 heavy (non-hydrogen) atoms. The van der Waals surface area contributed by atoms with Crippen molar-refractivity contribution >= 4 is 21.4 Å². The van der Waals surface area contributed by atoms with Gasteiger partial charge in [-0.15, -0.1) is 0 Å². The number of aliphatic hydroxyl groups is 1. The number of hydrogen-bond acceptors (Lipinski definition) is 4. The smallest absolute Gasteiger partial charge is 0.241 e. The van der Waals surface area contributed by atoms with Crippen molar-refractivity contribution in [3.8, 4) is 0 Å². The van der Waals surface area contributed by atoms with Crippen molar-refractivity contribution in [1.82, 2.24) is 4.72 Å². The van der Waals surface area contributed by atoms with Gasteiger partial charge in [-0.3, -0.25) is 0 Å². The van der Waals surface area contributed by atoms with Crippen LogP contribution in [0.1, 0.15) is 22.3 Å². The van der Waals surface area contributed by atoms with Gasteiger partial charge in [0.25, 0.3) is 0 Å². The lowest BCUT2D eigenvalue weighted by Crippen LogP contribution is -2.24. The first kappa shape index (κ1) is 15.2. The maximum atomic E-state index is 12.3. The fraction of sp³-hybridized carbons (Fsp3) is 0.286. The molecular formula is C14H17NO3S2. The lowest BCUT2D eigenvalue weighted by Gasteiger charge is -2.10. The quantitative estimate of drug-likeness (QED) is 0.890. The molecule has 0 saturated carbocycles. The van der Waals surface area contributed by atoms with Gasteiger partial charge >= 0.3 is 0 Å². The first-order chi connectivity index (χ1) is 9.44. The number of rotatable bonds is 5. The highest BCUT2D eigenvalue weighted by Crippen LogP contribution is 2.19. The van der Waals surface area contributed by atoms with Gasteiger partial charge in [0.15, 0.2) is 0 Å². The molecule has 1 heterocycles. The highest BCUT2D eigenvalue weighted by molar-refractivity contribution is 7.89. The summed E-state index contributed by atoms with van der Waals surface area (Å²) in [6, 6.07) is 4.94. The van der Waals surface area contributed by atoms with Crippen LogP contribution in [-0.4, -0.2) is 13.5 Å². The molecule has 0 atom stereocenters. The van der Waals surface area contributed by atoms with Crippen LogP contribution in [0, 0.1) is 13.8 Å². The van der Waals surface area contributed by atoms with Gasteiger partial charge < -0.3 is 5.11 Å². The SMILES string of the molecule is Cc1cscc1CNS(=O)(=O)c1cc(CO)ccc1C. The van der Waals surface area contributed by atoms with Crippen LogP contribution in [0.3, 0.4) is 0 Å². The summed E-state index contributed by atoms with van der Waals surface area (Å²) in [4.78, 5) is 0.219. The van der Waals surface area contributed by atoms with Gasteiger partial charge in [-0.25, -0.2) is 13.1 Å². The van der Waals surface area contributed by atoms with E-state index in [1.807, 2.05) is 17.7 Å². The zero-order chi connectivity index (χ0) is 14.8. The molecule has 1 aromatic carbocycles. The van der Waals surface area contributed by atoms with Crippen molar-refractivity contribution in [3.05, 3.63) is 51.2 Å². The summed E-state index contributed by atoms with van der Waals surface area (Å²) in [7, 11) is -3.57. The van der Waals surface area contributed by atoms with Crippen LogP contribution < -0.4 is 4.72 Å². The standard InChI is InChI=1S/C14H17NO3S2/c1-10-3-4-12(7-16)5-14(10)20(17,18)15-6-13-9-19-8-11(13)2/h3-5,8-9,15-16H,6-7H2,1-2H3. The molecule has 0 saturated heterocycles. The normalized spacial score (nSPS) is 11.8. The molecule has 0 unspecified atom stereocenters. The van der Waals surface area contributed by atoms with Gasteiger partial charge in [0.2, 0.25) is 10.0 Å². The number of benzene rings is 1. The number of aliphatic hydroxyl groups excluding tert-OH is 1. The molecule has 0 aliphatic rings. The fourth-order valence-electron chi connectivity index (χ4n) is 1.85. The zero-order valence-corrected chi connectivity index (χ0v) is 13.0. The Bertz CT molecular complexity index is 705. The van der Waals surface area contributed by atoms with Crippen molar-refractivity contribution in [3.63, 3.8) is 0 Å². The Balaban J connectivity index is 2.24. The summed E-state index contributed by atoms with van der Waals surface area (Å²) < 4.78 is 27.3. The van der Waals surface area contributed by atoms with Crippen LogP contribution in [0.25, 0.3) is 0 Å². The van der Waals surface area contributed by atoms with Crippen LogP contribution in [0.5, 0.6) is 0 Å². The summed E-state index contributed by atoms with van der Waals surface area (Å²) >= 11 is 1.55. The van der Waals surface area contributed by atoms with E-state index >= 15 is 0 Å². The number of hydrogen-bond donors (Lipinski definition) is 2. The lowest BCUT2D eigenvalue weighted by atomic mass is 10.2. The van der Waals surface area contributed by atoms with Gasteiger partial charge in [0.1, 0.15) is 0 Å². The Morgan fingerprint density at radius 2 is 1.95 bits per heavy atom. The lowest BCUT2D eigenvalue weighted by molar-refractivity contribution is 0.281. The Kier molecular flexibility index (Phi) is 4.59. The third-order valence-corrected chi connectivity index (χ3v) is 5.59. The van der Waals surface area contributed by atoms with Gasteiger partial charge in [0.05, 0.1) is 11.5 Å². The Morgan fingerprint density at radius 3 is 2.55 bits per heavy atom. The van der Waals surface area contributed by atoms with E-state index in [9.17, 15) is 8.42 Å². The Hall–Kier alpha value is -1.21. The fourth-order valence-corrected chi connectivity index (χ4v) is 4.01. The molecule has 2 aromatic rings. The summed E-state index contributed by atoms with van der Waals surface area (Å²) in [6.45, 7) is 3.80. The van der Waals surface area contributed by atoms with Crippen molar-refractivity contribution in [2.75, 3.05) is 0 Å². The zero-order valence-electron chi connectivity index (χ0n) is 11.4. The summed E-state index contributed by atoms with van der Waals surface area (Å²) in [5.74, 6) is 0. The van der Waals surface area contributed by atoms with Crippen LogP contribution in [-0.2, 0) is 23.2 Å². The van der Waals surface area contributed by atoms with Gasteiger partial charge in [0, 0.05) is 6.54 Å². The molecule has 6 heteroatoms. The maximum absolute atomic E-state index is 12.3. The highest BCUT2D eigenvalue weighted by atomic mass is 32.2. The second-order valence-corrected chi connectivity index (χ2v) is 7.14. The van der Waals surface area contributed by atoms with E-state index in [0.29, 0.717) is 11.1 Å². The number of sulfonamides is 1. The summed E-state index contributed by atoms with van der Waals surface area (Å²) in [5.41, 5.74) is 3.31. The van der Waals surface area contributed by atoms with Crippen LogP contribution in [0.15, 0.2) is 33.9 Å². The average molecular weight is 311 g/mol. The predicted octanol–water partition coefficient (Wildman–Crippen LogP) is 2.34. The molecule has 2 rings (SSSR count). The maximum Gasteiger partial charge on any atom is 0.241 e. The van der Waals surface area contributed by atoms with Gasteiger partial charge in [-0.2, -0.15) is 11.3 Å². The third-order valence-electron chi connectivity index (χ3n) is 3.14. The Labute approximate surface area is 123 Å². The molecule has 0 aliphatic heterocycles. The van der Waals surface area contributed by atoms with Gasteiger partial charge in [-0.1, -0.05) is 12.1 Å². The number of thiophene rings is 1. The number of aryl methyl sites for hydroxylation is 2. The van der Waals surface area contributed by atoms with Gasteiger partial charge in [-0.05, 0) is 52.9 Å². The molecule has 0 fully saturated rings. The second kappa shape index (κ2) is 6.05. The van der Waals surface area contributed by atoms with Crippen molar-refractivity contribution < 1.29 is 13.5 Å². The molecule has 0 spiro atoms.